The van der Waals surface area contributed by atoms with E-state index < -0.39 is 5.97 Å². The molecule has 110 valence electrons. The van der Waals surface area contributed by atoms with Gasteiger partial charge in [0.2, 0.25) is 0 Å². The molecule has 7 heteroatoms. The van der Waals surface area contributed by atoms with Crippen LogP contribution in [0.25, 0.3) is 0 Å². The molecule has 0 aromatic heterocycles. The van der Waals surface area contributed by atoms with Gasteiger partial charge in [0.15, 0.2) is 0 Å². The standard InChI is InChI=1S/C12H23N3O3S/c1-14(5-2-3-11(16)17)12(18)13-4-6-15-7-9-19-10-8-15/h2-10H2,1H3,(H,13,18)(H,16,17). The van der Waals surface area contributed by atoms with E-state index in [0.717, 1.165) is 19.6 Å². The molecule has 1 heterocycles. The summed E-state index contributed by atoms with van der Waals surface area (Å²) in [4.78, 5) is 26.0. The summed E-state index contributed by atoms with van der Waals surface area (Å²) in [7, 11) is 1.69. The minimum Gasteiger partial charge on any atom is -0.481 e. The normalized spacial score (nSPS) is 16.1. The third kappa shape index (κ3) is 7.27. The Hall–Kier alpha value is -0.950. The monoisotopic (exact) mass is 289 g/mol. The van der Waals surface area contributed by atoms with Gasteiger partial charge >= 0.3 is 12.0 Å². The molecule has 2 N–H and O–H groups in total. The van der Waals surface area contributed by atoms with Gasteiger partial charge in [-0.05, 0) is 6.42 Å². The van der Waals surface area contributed by atoms with Gasteiger partial charge < -0.3 is 15.3 Å². The Kier molecular flexibility index (Phi) is 7.66. The van der Waals surface area contributed by atoms with E-state index in [1.165, 1.54) is 16.4 Å². The second-order valence-electron chi connectivity index (χ2n) is 4.60. The summed E-state index contributed by atoms with van der Waals surface area (Å²) < 4.78 is 0. The molecule has 0 aromatic rings. The topological polar surface area (TPSA) is 72.9 Å². The van der Waals surface area contributed by atoms with Crippen LogP contribution in [0.5, 0.6) is 0 Å². The lowest BCUT2D eigenvalue weighted by Gasteiger charge is -2.26. The van der Waals surface area contributed by atoms with Crippen LogP contribution in [-0.4, -0.2) is 78.2 Å². The summed E-state index contributed by atoms with van der Waals surface area (Å²) >= 11 is 1.97. The summed E-state index contributed by atoms with van der Waals surface area (Å²) in [5, 5.41) is 11.4. The van der Waals surface area contributed by atoms with Gasteiger partial charge in [0.25, 0.3) is 0 Å². The van der Waals surface area contributed by atoms with Gasteiger partial charge in [0.1, 0.15) is 0 Å². The van der Waals surface area contributed by atoms with Crippen molar-refractivity contribution in [2.75, 3.05) is 51.3 Å². The van der Waals surface area contributed by atoms with Gasteiger partial charge in [-0.2, -0.15) is 11.8 Å². The average Bonchev–Trinajstić information content (AvgIpc) is 2.39. The van der Waals surface area contributed by atoms with Crippen LogP contribution in [0.3, 0.4) is 0 Å². The molecule has 0 aliphatic carbocycles. The molecule has 6 nitrogen and oxygen atoms in total. The summed E-state index contributed by atoms with van der Waals surface area (Å²) in [6.45, 7) is 4.19. The predicted octanol–water partition coefficient (Wildman–Crippen LogP) is 0.541. The van der Waals surface area contributed by atoms with Crippen LogP contribution in [0, 0.1) is 0 Å². The Labute approximate surface area is 118 Å². The first-order chi connectivity index (χ1) is 9.09. The quantitative estimate of drug-likeness (QED) is 0.716. The third-order valence-corrected chi connectivity index (χ3v) is 3.98. The van der Waals surface area contributed by atoms with E-state index in [2.05, 4.69) is 10.2 Å². The first-order valence-corrected chi connectivity index (χ1v) is 7.76. The molecule has 0 spiro atoms. The number of carbonyl (C=O) groups is 2. The maximum Gasteiger partial charge on any atom is 0.317 e. The predicted molar refractivity (Wildman–Crippen MR) is 76.7 cm³/mol. The molecule has 0 radical (unpaired) electrons. The van der Waals surface area contributed by atoms with E-state index in [4.69, 9.17) is 5.11 Å². The number of carbonyl (C=O) groups excluding carboxylic acids is 1. The summed E-state index contributed by atoms with van der Waals surface area (Å²) in [5.74, 6) is 1.52. The number of hydrogen-bond acceptors (Lipinski definition) is 4. The van der Waals surface area contributed by atoms with Crippen molar-refractivity contribution in [1.29, 1.82) is 0 Å². The largest absolute Gasteiger partial charge is 0.481 e. The minimum absolute atomic E-state index is 0.100. The molecule has 2 amide bonds. The van der Waals surface area contributed by atoms with E-state index in [-0.39, 0.29) is 12.5 Å². The Balaban J connectivity index is 2.06. The highest BCUT2D eigenvalue weighted by Crippen LogP contribution is 2.07. The number of amides is 2. The summed E-state index contributed by atoms with van der Waals surface area (Å²) in [6, 6.07) is -0.128. The number of hydrogen-bond donors (Lipinski definition) is 2. The molecule has 0 saturated carbocycles. The van der Waals surface area contributed by atoms with E-state index >= 15 is 0 Å². The number of thioether (sulfide) groups is 1. The molecule has 1 aliphatic heterocycles. The van der Waals surface area contributed by atoms with Gasteiger partial charge in [-0.3, -0.25) is 9.69 Å². The van der Waals surface area contributed by atoms with Crippen LogP contribution >= 0.6 is 11.8 Å². The first kappa shape index (κ1) is 16.1. The summed E-state index contributed by atoms with van der Waals surface area (Å²) in [5.41, 5.74) is 0. The van der Waals surface area contributed by atoms with Gasteiger partial charge in [0, 0.05) is 57.7 Å². The van der Waals surface area contributed by atoms with Gasteiger partial charge in [-0.1, -0.05) is 0 Å². The van der Waals surface area contributed by atoms with Crippen molar-refractivity contribution in [1.82, 2.24) is 15.1 Å². The zero-order valence-electron chi connectivity index (χ0n) is 11.4. The second-order valence-corrected chi connectivity index (χ2v) is 5.83. The van der Waals surface area contributed by atoms with Crippen molar-refractivity contribution in [3.8, 4) is 0 Å². The highest BCUT2D eigenvalue weighted by molar-refractivity contribution is 7.99. The molecule has 19 heavy (non-hydrogen) atoms. The third-order valence-electron chi connectivity index (χ3n) is 3.04. The lowest BCUT2D eigenvalue weighted by atomic mass is 10.3. The van der Waals surface area contributed by atoms with Gasteiger partial charge in [-0.15, -0.1) is 0 Å². The van der Waals surface area contributed by atoms with E-state index in [1.807, 2.05) is 11.8 Å². The molecule has 0 atom stereocenters. The molecule has 1 saturated heterocycles. The van der Waals surface area contributed by atoms with Gasteiger partial charge in [-0.25, -0.2) is 4.79 Å². The Morgan fingerprint density at radius 1 is 1.37 bits per heavy atom. The number of nitrogens with one attached hydrogen (secondary N) is 1. The zero-order chi connectivity index (χ0) is 14.1. The fourth-order valence-corrected chi connectivity index (χ4v) is 2.83. The van der Waals surface area contributed by atoms with Crippen molar-refractivity contribution in [3.05, 3.63) is 0 Å². The minimum atomic E-state index is -0.822. The van der Waals surface area contributed by atoms with E-state index in [0.29, 0.717) is 19.5 Å². The van der Waals surface area contributed by atoms with E-state index in [1.54, 1.807) is 7.05 Å². The SMILES string of the molecule is CN(CCCC(=O)O)C(=O)NCCN1CCSCC1. The average molecular weight is 289 g/mol. The van der Waals surface area contributed by atoms with Crippen LogP contribution in [0.15, 0.2) is 0 Å². The molecule has 1 aliphatic rings. The smallest absolute Gasteiger partial charge is 0.317 e. The molecule has 1 rings (SSSR count). The van der Waals surface area contributed by atoms with Crippen molar-refractivity contribution in [2.45, 2.75) is 12.8 Å². The zero-order valence-corrected chi connectivity index (χ0v) is 12.2. The number of urea groups is 1. The molecule has 0 aromatic carbocycles. The lowest BCUT2D eigenvalue weighted by Crippen LogP contribution is -2.43. The van der Waals surface area contributed by atoms with Gasteiger partial charge in [0.05, 0.1) is 0 Å². The number of aliphatic carboxylic acids is 1. The highest BCUT2D eigenvalue weighted by Gasteiger charge is 2.11. The van der Waals surface area contributed by atoms with E-state index in [9.17, 15) is 9.59 Å². The van der Waals surface area contributed by atoms with Crippen LogP contribution in [0.2, 0.25) is 0 Å². The van der Waals surface area contributed by atoms with Crippen molar-refractivity contribution in [3.63, 3.8) is 0 Å². The molecule has 1 fully saturated rings. The van der Waals surface area contributed by atoms with Crippen molar-refractivity contribution in [2.24, 2.45) is 0 Å². The highest BCUT2D eigenvalue weighted by atomic mass is 32.2. The second kappa shape index (κ2) is 9.03. The van der Waals surface area contributed by atoms with Crippen LogP contribution in [0.1, 0.15) is 12.8 Å². The van der Waals surface area contributed by atoms with Crippen LogP contribution in [0.4, 0.5) is 4.79 Å². The maximum absolute atomic E-state index is 11.7. The number of nitrogens with zero attached hydrogens (tertiary/aromatic N) is 2. The Morgan fingerprint density at radius 3 is 2.68 bits per heavy atom. The molecule has 0 bridgehead atoms. The van der Waals surface area contributed by atoms with Crippen LogP contribution < -0.4 is 5.32 Å². The molecular formula is C12H23N3O3S. The fourth-order valence-electron chi connectivity index (χ4n) is 1.85. The van der Waals surface area contributed by atoms with Crippen molar-refractivity contribution >= 4 is 23.8 Å². The number of carboxylic acid groups (broad SMARTS) is 1. The Bertz CT molecular complexity index is 296. The number of rotatable bonds is 7. The lowest BCUT2D eigenvalue weighted by molar-refractivity contribution is -0.137. The molecular weight excluding hydrogens is 266 g/mol. The first-order valence-electron chi connectivity index (χ1n) is 6.60. The van der Waals surface area contributed by atoms with Crippen LogP contribution in [-0.2, 0) is 4.79 Å². The van der Waals surface area contributed by atoms with Crippen molar-refractivity contribution < 1.29 is 14.7 Å². The Morgan fingerprint density at radius 2 is 2.05 bits per heavy atom. The molecule has 0 unspecified atom stereocenters. The fraction of sp³-hybridized carbons (Fsp3) is 0.833. The summed E-state index contributed by atoms with van der Waals surface area (Å²) in [6.07, 6.45) is 0.589. The maximum atomic E-state index is 11.7. The number of carboxylic acids is 1.